The van der Waals surface area contributed by atoms with Crippen molar-refractivity contribution in [3.63, 3.8) is 0 Å². The van der Waals surface area contributed by atoms with Gasteiger partial charge in [-0.2, -0.15) is 5.10 Å². The van der Waals surface area contributed by atoms with Crippen LogP contribution in [-0.4, -0.2) is 39.7 Å². The maximum absolute atomic E-state index is 12.5. The molecule has 190 valence electrons. The van der Waals surface area contributed by atoms with Gasteiger partial charge in [0.25, 0.3) is 5.91 Å². The molecule has 8 heteroatoms. The van der Waals surface area contributed by atoms with Crippen LogP contribution in [0.3, 0.4) is 0 Å². The summed E-state index contributed by atoms with van der Waals surface area (Å²) in [5, 5.41) is 13.6. The highest BCUT2D eigenvalue weighted by atomic mass is 32.2. The van der Waals surface area contributed by atoms with Gasteiger partial charge < -0.3 is 4.74 Å². The number of carbonyl (C=O) groups excluding carboxylic acids is 1. The summed E-state index contributed by atoms with van der Waals surface area (Å²) in [4.78, 5) is 12.5. The highest BCUT2D eigenvalue weighted by Crippen LogP contribution is 2.30. The van der Waals surface area contributed by atoms with Crippen LogP contribution in [0.15, 0.2) is 83.1 Å². The number of benzene rings is 3. The summed E-state index contributed by atoms with van der Waals surface area (Å²) in [6, 6.07) is 24.0. The number of nitrogens with zero attached hydrogens (tertiary/aromatic N) is 4. The van der Waals surface area contributed by atoms with E-state index in [1.807, 2.05) is 47.9 Å². The van der Waals surface area contributed by atoms with E-state index in [1.54, 1.807) is 13.3 Å². The van der Waals surface area contributed by atoms with Crippen LogP contribution < -0.4 is 10.2 Å². The molecule has 1 amide bonds. The molecule has 7 nitrogen and oxygen atoms in total. The van der Waals surface area contributed by atoms with Gasteiger partial charge in [0.05, 0.1) is 19.1 Å². The lowest BCUT2D eigenvalue weighted by molar-refractivity contribution is -0.118. The van der Waals surface area contributed by atoms with Crippen molar-refractivity contribution in [1.82, 2.24) is 20.2 Å². The lowest BCUT2D eigenvalue weighted by Gasteiger charge is -2.19. The number of para-hydroxylation sites is 1. The first-order valence-corrected chi connectivity index (χ1v) is 13.0. The number of ether oxygens (including phenoxy) is 1. The summed E-state index contributed by atoms with van der Waals surface area (Å²) < 4.78 is 7.29. The third-order valence-electron chi connectivity index (χ3n) is 5.80. The molecule has 1 heterocycles. The van der Waals surface area contributed by atoms with Crippen LogP contribution in [0, 0.1) is 6.92 Å². The van der Waals surface area contributed by atoms with E-state index >= 15 is 0 Å². The van der Waals surface area contributed by atoms with Crippen LogP contribution >= 0.6 is 11.8 Å². The number of carbonyl (C=O) groups is 1. The Morgan fingerprint density at radius 1 is 1.03 bits per heavy atom. The molecule has 37 heavy (non-hydrogen) atoms. The van der Waals surface area contributed by atoms with E-state index in [0.717, 1.165) is 28.2 Å². The smallest absolute Gasteiger partial charge is 0.250 e. The van der Waals surface area contributed by atoms with Crippen molar-refractivity contribution in [3.05, 3.63) is 89.5 Å². The molecule has 0 spiro atoms. The second-order valence-corrected chi connectivity index (χ2v) is 10.6. The molecule has 0 atom stereocenters. The summed E-state index contributed by atoms with van der Waals surface area (Å²) in [5.74, 6) is 1.30. The molecule has 4 rings (SSSR count). The third kappa shape index (κ3) is 6.46. The maximum atomic E-state index is 12.5. The molecule has 0 saturated carbocycles. The van der Waals surface area contributed by atoms with Crippen molar-refractivity contribution in [2.24, 2.45) is 5.10 Å². The summed E-state index contributed by atoms with van der Waals surface area (Å²) in [7, 11) is 1.60. The SMILES string of the molecule is COc1ccccc1/C=N\NC(=O)CSc1nnc(-c2ccc(C(C)(C)C)cc2)n1-c1ccc(C)cc1. The largest absolute Gasteiger partial charge is 0.496 e. The number of nitrogens with one attached hydrogen (secondary N) is 1. The molecule has 0 aliphatic carbocycles. The molecule has 1 aromatic heterocycles. The lowest BCUT2D eigenvalue weighted by atomic mass is 9.87. The highest BCUT2D eigenvalue weighted by Gasteiger charge is 2.19. The molecule has 0 bridgehead atoms. The minimum Gasteiger partial charge on any atom is -0.496 e. The third-order valence-corrected chi connectivity index (χ3v) is 6.73. The Bertz CT molecular complexity index is 1390. The van der Waals surface area contributed by atoms with Crippen LogP contribution in [0.2, 0.25) is 0 Å². The highest BCUT2D eigenvalue weighted by molar-refractivity contribution is 7.99. The summed E-state index contributed by atoms with van der Waals surface area (Å²) >= 11 is 1.31. The number of aromatic nitrogens is 3. The van der Waals surface area contributed by atoms with E-state index in [9.17, 15) is 4.79 Å². The van der Waals surface area contributed by atoms with Crippen molar-refractivity contribution in [1.29, 1.82) is 0 Å². The number of rotatable bonds is 8. The van der Waals surface area contributed by atoms with Gasteiger partial charge in [0, 0.05) is 16.8 Å². The van der Waals surface area contributed by atoms with E-state index in [0.29, 0.717) is 10.9 Å². The van der Waals surface area contributed by atoms with Gasteiger partial charge in [0.2, 0.25) is 0 Å². The van der Waals surface area contributed by atoms with Gasteiger partial charge in [-0.1, -0.05) is 86.6 Å². The number of hydrazone groups is 1. The van der Waals surface area contributed by atoms with Crippen LogP contribution in [0.4, 0.5) is 0 Å². The molecule has 1 N–H and O–H groups in total. The summed E-state index contributed by atoms with van der Waals surface area (Å²) in [6.07, 6.45) is 1.57. The molecular formula is C29H31N5O2S. The van der Waals surface area contributed by atoms with E-state index in [2.05, 4.69) is 77.9 Å². The molecule has 0 aliphatic rings. The first kappa shape index (κ1) is 26.2. The first-order chi connectivity index (χ1) is 17.8. The second-order valence-electron chi connectivity index (χ2n) is 9.63. The number of amides is 1. The van der Waals surface area contributed by atoms with Gasteiger partial charge in [0.15, 0.2) is 11.0 Å². The normalized spacial score (nSPS) is 11.6. The van der Waals surface area contributed by atoms with Gasteiger partial charge in [0.1, 0.15) is 5.75 Å². The minimum atomic E-state index is -0.245. The number of methoxy groups -OCH3 is 1. The molecule has 0 unspecified atom stereocenters. The Kier molecular flexibility index (Phi) is 8.08. The zero-order chi connectivity index (χ0) is 26.4. The van der Waals surface area contributed by atoms with E-state index in [4.69, 9.17) is 4.74 Å². The second kappa shape index (κ2) is 11.4. The number of hydrogen-bond acceptors (Lipinski definition) is 6. The quantitative estimate of drug-likeness (QED) is 0.183. The summed E-state index contributed by atoms with van der Waals surface area (Å²) in [6.45, 7) is 8.62. The Morgan fingerprint density at radius 2 is 1.73 bits per heavy atom. The van der Waals surface area contributed by atoms with Crippen molar-refractivity contribution in [2.45, 2.75) is 38.3 Å². The minimum absolute atomic E-state index is 0.0612. The topological polar surface area (TPSA) is 81.4 Å². The number of hydrogen-bond donors (Lipinski definition) is 1. The van der Waals surface area contributed by atoms with Crippen LogP contribution in [-0.2, 0) is 10.2 Å². The van der Waals surface area contributed by atoms with Crippen molar-refractivity contribution < 1.29 is 9.53 Å². The van der Waals surface area contributed by atoms with Crippen LogP contribution in [0.1, 0.15) is 37.5 Å². The number of thioether (sulfide) groups is 1. The molecular weight excluding hydrogens is 482 g/mol. The average molecular weight is 514 g/mol. The fraction of sp³-hybridized carbons (Fsp3) is 0.241. The van der Waals surface area contributed by atoms with Gasteiger partial charge in [-0.3, -0.25) is 9.36 Å². The van der Waals surface area contributed by atoms with Crippen LogP contribution in [0.25, 0.3) is 17.1 Å². The van der Waals surface area contributed by atoms with E-state index < -0.39 is 0 Å². The average Bonchev–Trinajstić information content (AvgIpc) is 3.32. The lowest BCUT2D eigenvalue weighted by Crippen LogP contribution is -2.20. The van der Waals surface area contributed by atoms with Crippen molar-refractivity contribution in [3.8, 4) is 22.8 Å². The van der Waals surface area contributed by atoms with Gasteiger partial charge in [-0.25, -0.2) is 5.43 Å². The van der Waals surface area contributed by atoms with E-state index in [-0.39, 0.29) is 17.1 Å². The molecule has 0 aliphatic heterocycles. The Hall–Kier alpha value is -3.91. The Balaban J connectivity index is 1.54. The molecule has 4 aromatic rings. The monoisotopic (exact) mass is 513 g/mol. The zero-order valence-electron chi connectivity index (χ0n) is 21.7. The summed E-state index contributed by atoms with van der Waals surface area (Å²) in [5.41, 5.74) is 7.71. The van der Waals surface area contributed by atoms with E-state index in [1.165, 1.54) is 17.3 Å². The maximum Gasteiger partial charge on any atom is 0.250 e. The molecule has 3 aromatic carbocycles. The predicted octanol–water partition coefficient (Wildman–Crippen LogP) is 5.79. The fourth-order valence-electron chi connectivity index (χ4n) is 3.71. The van der Waals surface area contributed by atoms with Gasteiger partial charge >= 0.3 is 0 Å². The Morgan fingerprint density at radius 3 is 2.41 bits per heavy atom. The molecule has 0 radical (unpaired) electrons. The van der Waals surface area contributed by atoms with Gasteiger partial charge in [-0.05, 0) is 42.2 Å². The first-order valence-electron chi connectivity index (χ1n) is 12.0. The van der Waals surface area contributed by atoms with Crippen LogP contribution in [0.5, 0.6) is 5.75 Å². The molecule has 0 saturated heterocycles. The number of aryl methyl sites for hydroxylation is 1. The van der Waals surface area contributed by atoms with Crippen molar-refractivity contribution >= 4 is 23.9 Å². The zero-order valence-corrected chi connectivity index (χ0v) is 22.5. The Labute approximate surface area is 222 Å². The standard InChI is InChI=1S/C29H31N5O2S/c1-20-10-16-24(17-11-20)34-27(21-12-14-23(15-13-21)29(2,3)4)32-33-28(34)37-19-26(35)31-30-18-22-8-6-7-9-25(22)36-5/h6-18H,19H2,1-5H3,(H,31,35)/b30-18-. The van der Waals surface area contributed by atoms with Crippen molar-refractivity contribution in [2.75, 3.05) is 12.9 Å². The predicted molar refractivity (Wildman–Crippen MR) is 150 cm³/mol. The van der Waals surface area contributed by atoms with Gasteiger partial charge in [-0.15, -0.1) is 10.2 Å². The molecule has 0 fully saturated rings. The fourth-order valence-corrected chi connectivity index (χ4v) is 4.45.